The first-order valence-electron chi connectivity index (χ1n) is 19.1. The lowest BCUT2D eigenvalue weighted by atomic mass is 9.83. The first-order chi connectivity index (χ1) is 26.3. The smallest absolute Gasteiger partial charge is 0.0462 e. The van der Waals surface area contributed by atoms with E-state index < -0.39 is 0 Å². The molecule has 0 N–H and O–H groups in total. The fourth-order valence-corrected chi connectivity index (χ4v) is 8.24. The Hall–Kier alpha value is -6.18. The highest BCUT2D eigenvalue weighted by Gasteiger charge is 2.17. The Labute approximate surface area is 313 Å². The van der Waals surface area contributed by atoms with Crippen LogP contribution < -0.4 is 4.90 Å². The average molecular weight is 682 g/mol. The summed E-state index contributed by atoms with van der Waals surface area (Å²) in [7, 11) is 0. The van der Waals surface area contributed by atoms with E-state index in [9.17, 15) is 0 Å². The first-order valence-corrected chi connectivity index (χ1v) is 19.1. The molecule has 0 atom stereocenters. The molecule has 1 heteroatoms. The quantitative estimate of drug-likeness (QED) is 0.154. The van der Waals surface area contributed by atoms with Gasteiger partial charge in [-0.25, -0.2) is 0 Å². The van der Waals surface area contributed by atoms with Crippen molar-refractivity contribution in [1.82, 2.24) is 0 Å². The van der Waals surface area contributed by atoms with Crippen molar-refractivity contribution in [2.24, 2.45) is 0 Å². The molecule has 0 amide bonds. The molecule has 0 saturated heterocycles. The molecule has 0 radical (unpaired) electrons. The second-order valence-electron chi connectivity index (χ2n) is 14.4. The van der Waals surface area contributed by atoms with Crippen molar-refractivity contribution in [3.8, 4) is 44.5 Å². The van der Waals surface area contributed by atoms with E-state index in [4.69, 9.17) is 0 Å². The van der Waals surface area contributed by atoms with Crippen LogP contribution in [0.5, 0.6) is 0 Å². The van der Waals surface area contributed by atoms with Crippen LogP contribution in [-0.4, -0.2) is 0 Å². The van der Waals surface area contributed by atoms with E-state index in [1.54, 1.807) is 0 Å². The number of fused-ring (bicyclic) bond motifs is 1. The van der Waals surface area contributed by atoms with E-state index in [1.807, 2.05) is 0 Å². The summed E-state index contributed by atoms with van der Waals surface area (Å²) in [5.74, 6) is 0.694. The minimum Gasteiger partial charge on any atom is -0.311 e. The van der Waals surface area contributed by atoms with Crippen LogP contribution in [0, 0.1) is 0 Å². The molecule has 8 aromatic rings. The van der Waals surface area contributed by atoms with Gasteiger partial charge in [-0.15, -0.1) is 0 Å². The van der Waals surface area contributed by atoms with Crippen LogP contribution in [0.25, 0.3) is 55.3 Å². The maximum Gasteiger partial charge on any atom is 0.0462 e. The highest BCUT2D eigenvalue weighted by Crippen LogP contribution is 2.40. The summed E-state index contributed by atoms with van der Waals surface area (Å²) in [6, 6.07) is 71.1. The summed E-state index contributed by atoms with van der Waals surface area (Å²) in [6.45, 7) is 0. The van der Waals surface area contributed by atoms with Crippen molar-refractivity contribution in [1.29, 1.82) is 0 Å². The Morgan fingerprint density at radius 2 is 0.811 bits per heavy atom. The van der Waals surface area contributed by atoms with Gasteiger partial charge in [0.15, 0.2) is 0 Å². The highest BCUT2D eigenvalue weighted by atomic mass is 15.1. The molecule has 1 fully saturated rings. The van der Waals surface area contributed by atoms with Gasteiger partial charge in [-0.05, 0) is 122 Å². The molecule has 1 aliphatic rings. The fraction of sp³-hybridized carbons (Fsp3) is 0.115. The molecular formula is C52H43N. The number of nitrogens with zero attached hydrogens (tertiary/aromatic N) is 1. The molecule has 0 heterocycles. The molecule has 0 unspecified atom stereocenters. The SMILES string of the molecule is c1ccc(-c2cccc(-c3ccc(N(c4ccc(-c5cccc(C6CCCCC6)c5)cc4)c4ccc(-c5cccc6ccccc56)cc4)cc3)c2)cc1. The molecule has 0 aromatic heterocycles. The van der Waals surface area contributed by atoms with Gasteiger partial charge in [-0.3, -0.25) is 0 Å². The zero-order valence-electron chi connectivity index (χ0n) is 30.0. The molecule has 1 nitrogen and oxygen atoms in total. The van der Waals surface area contributed by atoms with Crippen molar-refractivity contribution in [2.45, 2.75) is 38.0 Å². The van der Waals surface area contributed by atoms with Gasteiger partial charge in [0.05, 0.1) is 0 Å². The number of hydrogen-bond donors (Lipinski definition) is 0. The standard InChI is InChI=1S/C52H43N/c1-3-12-38(13-4-1)44-18-9-20-46(36-44)40-24-30-48(31-25-40)53(50-34-28-43(29-35-50)52-23-11-17-42-16-7-8-22-51(42)52)49-32-26-41(27-33-49)47-21-10-19-45(37-47)39-14-5-2-6-15-39/h1,3-4,7-13,16-37,39H,2,5-6,14-15H2. The van der Waals surface area contributed by atoms with Crippen LogP contribution in [0.4, 0.5) is 17.1 Å². The number of benzene rings is 8. The summed E-state index contributed by atoms with van der Waals surface area (Å²) in [5.41, 5.74) is 14.8. The lowest BCUT2D eigenvalue weighted by Crippen LogP contribution is -2.09. The molecule has 0 aliphatic heterocycles. The summed E-state index contributed by atoms with van der Waals surface area (Å²) in [6.07, 6.45) is 6.71. The Kier molecular flexibility index (Phi) is 9.14. The van der Waals surface area contributed by atoms with E-state index in [0.29, 0.717) is 5.92 Å². The maximum absolute atomic E-state index is 2.43. The van der Waals surface area contributed by atoms with E-state index in [2.05, 4.69) is 199 Å². The molecule has 9 rings (SSSR count). The molecule has 53 heavy (non-hydrogen) atoms. The van der Waals surface area contributed by atoms with Crippen LogP contribution in [0.15, 0.2) is 194 Å². The van der Waals surface area contributed by atoms with Gasteiger partial charge >= 0.3 is 0 Å². The van der Waals surface area contributed by atoms with E-state index >= 15 is 0 Å². The summed E-state index contributed by atoms with van der Waals surface area (Å²) in [4.78, 5) is 2.37. The second kappa shape index (κ2) is 14.8. The molecule has 1 saturated carbocycles. The zero-order chi connectivity index (χ0) is 35.4. The Morgan fingerprint density at radius 1 is 0.340 bits per heavy atom. The first kappa shape index (κ1) is 32.7. The third-order valence-corrected chi connectivity index (χ3v) is 11.1. The predicted octanol–water partition coefficient (Wildman–Crippen LogP) is 15.0. The van der Waals surface area contributed by atoms with Crippen molar-refractivity contribution in [2.75, 3.05) is 4.90 Å². The van der Waals surface area contributed by atoms with Gasteiger partial charge < -0.3 is 4.90 Å². The third kappa shape index (κ3) is 6.91. The fourth-order valence-electron chi connectivity index (χ4n) is 8.24. The molecular weight excluding hydrogens is 639 g/mol. The minimum atomic E-state index is 0.694. The molecule has 0 bridgehead atoms. The van der Waals surface area contributed by atoms with E-state index in [0.717, 1.165) is 17.1 Å². The van der Waals surface area contributed by atoms with Crippen molar-refractivity contribution < 1.29 is 0 Å². The highest BCUT2D eigenvalue weighted by molar-refractivity contribution is 5.97. The lowest BCUT2D eigenvalue weighted by molar-refractivity contribution is 0.444. The summed E-state index contributed by atoms with van der Waals surface area (Å²) >= 11 is 0. The third-order valence-electron chi connectivity index (χ3n) is 11.1. The van der Waals surface area contributed by atoms with Gasteiger partial charge in [0.1, 0.15) is 0 Å². The van der Waals surface area contributed by atoms with E-state index in [-0.39, 0.29) is 0 Å². The van der Waals surface area contributed by atoms with Gasteiger partial charge in [0.2, 0.25) is 0 Å². The Morgan fingerprint density at radius 3 is 1.45 bits per heavy atom. The van der Waals surface area contributed by atoms with E-state index in [1.165, 1.54) is 92.9 Å². The monoisotopic (exact) mass is 681 g/mol. The Balaban J connectivity index is 1.07. The second-order valence-corrected chi connectivity index (χ2v) is 14.4. The van der Waals surface area contributed by atoms with Crippen molar-refractivity contribution in [3.05, 3.63) is 200 Å². The van der Waals surface area contributed by atoms with Gasteiger partial charge in [-0.1, -0.05) is 171 Å². The Bertz CT molecular complexity index is 2450. The lowest BCUT2D eigenvalue weighted by Gasteiger charge is -2.26. The van der Waals surface area contributed by atoms with Gasteiger partial charge in [-0.2, -0.15) is 0 Å². The summed E-state index contributed by atoms with van der Waals surface area (Å²) in [5, 5.41) is 2.53. The van der Waals surface area contributed by atoms with Crippen LogP contribution in [0.2, 0.25) is 0 Å². The molecule has 0 spiro atoms. The average Bonchev–Trinajstić information content (AvgIpc) is 3.25. The van der Waals surface area contributed by atoms with Crippen LogP contribution >= 0.6 is 0 Å². The largest absolute Gasteiger partial charge is 0.311 e. The van der Waals surface area contributed by atoms with Crippen molar-refractivity contribution in [3.63, 3.8) is 0 Å². The van der Waals surface area contributed by atoms with Gasteiger partial charge in [0.25, 0.3) is 0 Å². The normalized spacial score (nSPS) is 13.2. The maximum atomic E-state index is 2.43. The number of rotatable bonds is 8. The zero-order valence-corrected chi connectivity index (χ0v) is 30.0. The topological polar surface area (TPSA) is 3.24 Å². The molecule has 1 aliphatic carbocycles. The minimum absolute atomic E-state index is 0.694. The molecule has 8 aromatic carbocycles. The van der Waals surface area contributed by atoms with Crippen LogP contribution in [0.1, 0.15) is 43.6 Å². The van der Waals surface area contributed by atoms with Crippen LogP contribution in [0.3, 0.4) is 0 Å². The number of anilines is 3. The predicted molar refractivity (Wildman–Crippen MR) is 226 cm³/mol. The van der Waals surface area contributed by atoms with Crippen LogP contribution in [-0.2, 0) is 0 Å². The van der Waals surface area contributed by atoms with Crippen molar-refractivity contribution >= 4 is 27.8 Å². The number of hydrogen-bond acceptors (Lipinski definition) is 1. The summed E-state index contributed by atoms with van der Waals surface area (Å²) < 4.78 is 0. The van der Waals surface area contributed by atoms with Gasteiger partial charge in [0, 0.05) is 17.1 Å². The molecule has 256 valence electrons.